The molecular formula is C16H26N4O2. The molecule has 0 heterocycles. The van der Waals surface area contributed by atoms with E-state index >= 15 is 0 Å². The van der Waals surface area contributed by atoms with Gasteiger partial charge in [0.05, 0.1) is 6.61 Å². The second-order valence-electron chi connectivity index (χ2n) is 4.69. The van der Waals surface area contributed by atoms with E-state index in [0.717, 1.165) is 24.7 Å². The fourth-order valence-corrected chi connectivity index (χ4v) is 1.72. The molecule has 0 aliphatic carbocycles. The molecule has 0 bridgehead atoms. The van der Waals surface area contributed by atoms with Gasteiger partial charge in [-0.25, -0.2) is 0 Å². The third kappa shape index (κ3) is 8.84. The van der Waals surface area contributed by atoms with E-state index in [-0.39, 0.29) is 5.91 Å². The predicted molar refractivity (Wildman–Crippen MR) is 89.2 cm³/mol. The summed E-state index contributed by atoms with van der Waals surface area (Å²) in [5.74, 6) is 1.61. The quantitative estimate of drug-likeness (QED) is 0.363. The average Bonchev–Trinajstić information content (AvgIpc) is 2.52. The first-order valence-corrected chi connectivity index (χ1v) is 7.67. The van der Waals surface area contributed by atoms with Crippen molar-refractivity contribution in [3.8, 4) is 5.75 Å². The van der Waals surface area contributed by atoms with E-state index in [1.807, 2.05) is 37.3 Å². The molecule has 0 aliphatic heterocycles. The highest BCUT2D eigenvalue weighted by Crippen LogP contribution is 2.08. The van der Waals surface area contributed by atoms with Crippen molar-refractivity contribution in [2.75, 3.05) is 32.8 Å². The fraction of sp³-hybridized carbons (Fsp3) is 0.500. The van der Waals surface area contributed by atoms with E-state index in [0.29, 0.717) is 26.2 Å². The first-order chi connectivity index (χ1) is 10.7. The Morgan fingerprint density at radius 2 is 1.86 bits per heavy atom. The summed E-state index contributed by atoms with van der Waals surface area (Å²) in [6.45, 7) is 6.87. The minimum atomic E-state index is -0.0261. The number of carbonyl (C=O) groups is 1. The lowest BCUT2D eigenvalue weighted by molar-refractivity contribution is -0.118. The third-order valence-electron chi connectivity index (χ3n) is 2.72. The summed E-state index contributed by atoms with van der Waals surface area (Å²) in [6, 6.07) is 9.76. The monoisotopic (exact) mass is 306 g/mol. The van der Waals surface area contributed by atoms with Crippen molar-refractivity contribution in [3.63, 3.8) is 0 Å². The van der Waals surface area contributed by atoms with Gasteiger partial charge in [0.15, 0.2) is 5.96 Å². The molecule has 0 aromatic heterocycles. The summed E-state index contributed by atoms with van der Waals surface area (Å²) in [6.07, 6.45) is 0.844. The van der Waals surface area contributed by atoms with E-state index < -0.39 is 0 Å². The van der Waals surface area contributed by atoms with Gasteiger partial charge in [-0.15, -0.1) is 0 Å². The zero-order valence-corrected chi connectivity index (χ0v) is 13.4. The van der Waals surface area contributed by atoms with Crippen molar-refractivity contribution < 1.29 is 9.53 Å². The van der Waals surface area contributed by atoms with Crippen LogP contribution >= 0.6 is 0 Å². The number of aliphatic imine (C=N–C) groups is 1. The molecule has 3 N–H and O–H groups in total. The molecule has 0 radical (unpaired) electrons. The zero-order chi connectivity index (χ0) is 16.0. The number of rotatable bonds is 9. The van der Waals surface area contributed by atoms with Crippen molar-refractivity contribution in [2.24, 2.45) is 4.99 Å². The van der Waals surface area contributed by atoms with Crippen molar-refractivity contribution in [3.05, 3.63) is 30.3 Å². The number of benzene rings is 1. The number of nitrogens with one attached hydrogen (secondary N) is 3. The molecule has 0 atom stereocenters. The van der Waals surface area contributed by atoms with Crippen LogP contribution in [0.5, 0.6) is 5.75 Å². The molecule has 0 unspecified atom stereocenters. The summed E-state index contributed by atoms with van der Waals surface area (Å²) in [5, 5.41) is 9.07. The summed E-state index contributed by atoms with van der Waals surface area (Å²) in [5.41, 5.74) is 0. The lowest BCUT2D eigenvalue weighted by atomic mass is 10.3. The standard InChI is InChI=1S/C16H26N4O2/c1-3-17-16(20-12-11-18-14(2)21)19-10-7-13-22-15-8-5-4-6-9-15/h4-6,8-9H,3,7,10-13H2,1-2H3,(H,18,21)(H2,17,19,20). The Morgan fingerprint density at radius 3 is 2.55 bits per heavy atom. The van der Waals surface area contributed by atoms with Crippen molar-refractivity contribution >= 4 is 11.9 Å². The van der Waals surface area contributed by atoms with Gasteiger partial charge in [-0.05, 0) is 19.1 Å². The van der Waals surface area contributed by atoms with Gasteiger partial charge in [0.25, 0.3) is 0 Å². The highest BCUT2D eigenvalue weighted by atomic mass is 16.5. The smallest absolute Gasteiger partial charge is 0.216 e. The van der Waals surface area contributed by atoms with Gasteiger partial charge in [0.1, 0.15) is 5.75 Å². The molecule has 0 aliphatic rings. The largest absolute Gasteiger partial charge is 0.494 e. The summed E-state index contributed by atoms with van der Waals surface area (Å²) in [4.78, 5) is 15.2. The van der Waals surface area contributed by atoms with Crippen molar-refractivity contribution in [1.82, 2.24) is 16.0 Å². The van der Waals surface area contributed by atoms with Crippen LogP contribution in [0.4, 0.5) is 0 Å². The highest BCUT2D eigenvalue weighted by molar-refractivity contribution is 5.79. The van der Waals surface area contributed by atoms with Crippen LogP contribution < -0.4 is 20.7 Å². The van der Waals surface area contributed by atoms with Crippen LogP contribution in [0.25, 0.3) is 0 Å². The summed E-state index contributed by atoms with van der Waals surface area (Å²) >= 11 is 0. The number of hydrogen-bond acceptors (Lipinski definition) is 3. The lowest BCUT2D eigenvalue weighted by Crippen LogP contribution is -2.41. The van der Waals surface area contributed by atoms with E-state index in [9.17, 15) is 4.79 Å². The molecular weight excluding hydrogens is 280 g/mol. The molecule has 1 amide bonds. The molecule has 1 aromatic rings. The van der Waals surface area contributed by atoms with Crippen LogP contribution in [0.15, 0.2) is 35.3 Å². The first kappa shape index (κ1) is 17.8. The molecule has 1 rings (SSSR count). The lowest BCUT2D eigenvalue weighted by Gasteiger charge is -2.11. The number of guanidine groups is 1. The van der Waals surface area contributed by atoms with Crippen LogP contribution in [0, 0.1) is 0 Å². The predicted octanol–water partition coefficient (Wildman–Crippen LogP) is 1.15. The van der Waals surface area contributed by atoms with Crippen LogP contribution in [-0.4, -0.2) is 44.7 Å². The molecule has 122 valence electrons. The van der Waals surface area contributed by atoms with Crippen LogP contribution in [0.2, 0.25) is 0 Å². The number of hydrogen-bond donors (Lipinski definition) is 3. The number of carbonyl (C=O) groups excluding carboxylic acids is 1. The van der Waals surface area contributed by atoms with Crippen LogP contribution in [0.3, 0.4) is 0 Å². The normalized spacial score (nSPS) is 10.9. The van der Waals surface area contributed by atoms with E-state index in [2.05, 4.69) is 20.9 Å². The van der Waals surface area contributed by atoms with E-state index in [1.54, 1.807) is 0 Å². The Kier molecular flexibility index (Phi) is 9.25. The van der Waals surface area contributed by atoms with Gasteiger partial charge >= 0.3 is 0 Å². The van der Waals surface area contributed by atoms with E-state index in [1.165, 1.54) is 6.92 Å². The van der Waals surface area contributed by atoms with Crippen molar-refractivity contribution in [1.29, 1.82) is 0 Å². The second-order valence-corrected chi connectivity index (χ2v) is 4.69. The van der Waals surface area contributed by atoms with E-state index in [4.69, 9.17) is 4.74 Å². The minimum absolute atomic E-state index is 0.0261. The first-order valence-electron chi connectivity index (χ1n) is 7.67. The van der Waals surface area contributed by atoms with Crippen LogP contribution in [0.1, 0.15) is 20.3 Å². The Balaban J connectivity index is 2.19. The molecule has 0 fully saturated rings. The molecule has 1 aromatic carbocycles. The molecule has 6 nitrogen and oxygen atoms in total. The SMILES string of the molecule is CCNC(=NCCCOc1ccccc1)NCCNC(C)=O. The third-order valence-corrected chi connectivity index (χ3v) is 2.72. The van der Waals surface area contributed by atoms with Gasteiger partial charge in [-0.1, -0.05) is 18.2 Å². The topological polar surface area (TPSA) is 74.8 Å². The zero-order valence-electron chi connectivity index (χ0n) is 13.4. The maximum Gasteiger partial charge on any atom is 0.216 e. The maximum atomic E-state index is 10.8. The molecule has 22 heavy (non-hydrogen) atoms. The Morgan fingerprint density at radius 1 is 1.14 bits per heavy atom. The Hall–Kier alpha value is -2.24. The number of amides is 1. The van der Waals surface area contributed by atoms with Gasteiger partial charge < -0.3 is 20.7 Å². The van der Waals surface area contributed by atoms with Gasteiger partial charge in [-0.3, -0.25) is 9.79 Å². The maximum absolute atomic E-state index is 10.8. The summed E-state index contributed by atoms with van der Waals surface area (Å²) in [7, 11) is 0. The molecule has 0 saturated heterocycles. The second kappa shape index (κ2) is 11.4. The van der Waals surface area contributed by atoms with Gasteiger partial charge in [0, 0.05) is 39.5 Å². The molecule has 0 saturated carbocycles. The fourth-order valence-electron chi connectivity index (χ4n) is 1.72. The highest BCUT2D eigenvalue weighted by Gasteiger charge is 1.97. The van der Waals surface area contributed by atoms with Gasteiger partial charge in [-0.2, -0.15) is 0 Å². The number of nitrogens with zero attached hydrogens (tertiary/aromatic N) is 1. The van der Waals surface area contributed by atoms with Gasteiger partial charge in [0.2, 0.25) is 5.91 Å². The molecule has 0 spiro atoms. The number of ether oxygens (including phenoxy) is 1. The Labute approximate surface area is 132 Å². The average molecular weight is 306 g/mol. The Bertz CT molecular complexity index is 449. The summed E-state index contributed by atoms with van der Waals surface area (Å²) < 4.78 is 5.62. The van der Waals surface area contributed by atoms with Crippen LogP contribution in [-0.2, 0) is 4.79 Å². The minimum Gasteiger partial charge on any atom is -0.494 e. The number of para-hydroxylation sites is 1. The molecule has 6 heteroatoms. The van der Waals surface area contributed by atoms with Crippen molar-refractivity contribution in [2.45, 2.75) is 20.3 Å².